The highest BCUT2D eigenvalue weighted by atomic mass is 16.4. The number of carboxylic acid groups (broad SMARTS) is 1. The highest BCUT2D eigenvalue weighted by Gasteiger charge is 2.48. The van der Waals surface area contributed by atoms with Crippen LogP contribution >= 0.6 is 0 Å². The van der Waals surface area contributed by atoms with Crippen LogP contribution in [0, 0.1) is 5.92 Å². The van der Waals surface area contributed by atoms with Gasteiger partial charge in [0.15, 0.2) is 0 Å². The fourth-order valence-corrected chi connectivity index (χ4v) is 1.52. The molecule has 5 heteroatoms. The molecular formula is C10H18N2O3. The van der Waals surface area contributed by atoms with E-state index in [9.17, 15) is 9.59 Å². The Labute approximate surface area is 89.0 Å². The Bertz CT molecular complexity index is 276. The van der Waals surface area contributed by atoms with Crippen molar-refractivity contribution in [2.75, 3.05) is 0 Å². The number of amides is 1. The molecule has 0 saturated heterocycles. The van der Waals surface area contributed by atoms with E-state index in [1.165, 1.54) is 0 Å². The van der Waals surface area contributed by atoms with Crippen molar-refractivity contribution in [2.45, 2.75) is 44.7 Å². The summed E-state index contributed by atoms with van der Waals surface area (Å²) in [5.41, 5.74) is 4.39. The molecule has 0 bridgehead atoms. The van der Waals surface area contributed by atoms with Crippen molar-refractivity contribution in [3.05, 3.63) is 0 Å². The van der Waals surface area contributed by atoms with E-state index in [0.717, 1.165) is 12.8 Å². The molecule has 5 nitrogen and oxygen atoms in total. The number of aliphatic carboxylic acids is 1. The van der Waals surface area contributed by atoms with Gasteiger partial charge in [-0.2, -0.15) is 0 Å². The maximum absolute atomic E-state index is 11.5. The highest BCUT2D eigenvalue weighted by molar-refractivity contribution is 5.89. The van der Waals surface area contributed by atoms with Gasteiger partial charge in [0.2, 0.25) is 5.91 Å². The first kappa shape index (κ1) is 12.0. The molecule has 0 aromatic heterocycles. The number of hydrogen-bond acceptors (Lipinski definition) is 3. The van der Waals surface area contributed by atoms with Gasteiger partial charge in [-0.15, -0.1) is 0 Å². The number of hydrogen-bond donors (Lipinski definition) is 3. The first-order valence-electron chi connectivity index (χ1n) is 5.22. The summed E-state index contributed by atoms with van der Waals surface area (Å²) < 4.78 is 0. The standard InChI is InChI=1S/C10H18N2O3/c1-3-7(11)8(13)12-10(2,9(14)15)6-4-5-6/h6-7H,3-5,11H2,1-2H3,(H,12,13)(H,14,15)/t7-,10?/m1/s1. The lowest BCUT2D eigenvalue weighted by atomic mass is 9.95. The van der Waals surface area contributed by atoms with Crippen molar-refractivity contribution in [1.82, 2.24) is 5.32 Å². The van der Waals surface area contributed by atoms with Crippen LogP contribution in [-0.2, 0) is 9.59 Å². The maximum Gasteiger partial charge on any atom is 0.329 e. The molecule has 1 saturated carbocycles. The Hall–Kier alpha value is -1.10. The predicted octanol–water partition coefficient (Wildman–Crippen LogP) is 0.0932. The van der Waals surface area contributed by atoms with Gasteiger partial charge in [-0.3, -0.25) is 4.79 Å². The minimum atomic E-state index is -1.15. The first-order valence-corrected chi connectivity index (χ1v) is 5.22. The Morgan fingerprint density at radius 2 is 2.13 bits per heavy atom. The third kappa shape index (κ3) is 2.47. The van der Waals surface area contributed by atoms with Crippen molar-refractivity contribution < 1.29 is 14.7 Å². The average Bonchev–Trinajstić information content (AvgIpc) is 2.99. The van der Waals surface area contributed by atoms with Gasteiger partial charge in [-0.25, -0.2) is 4.79 Å². The fourth-order valence-electron chi connectivity index (χ4n) is 1.52. The van der Waals surface area contributed by atoms with E-state index < -0.39 is 17.6 Å². The van der Waals surface area contributed by atoms with Gasteiger partial charge in [-0.1, -0.05) is 6.92 Å². The number of carbonyl (C=O) groups is 2. The van der Waals surface area contributed by atoms with Crippen molar-refractivity contribution in [3.8, 4) is 0 Å². The van der Waals surface area contributed by atoms with E-state index in [0.29, 0.717) is 6.42 Å². The first-order chi connectivity index (χ1) is 6.91. The number of nitrogens with one attached hydrogen (secondary N) is 1. The van der Waals surface area contributed by atoms with Crippen molar-refractivity contribution in [2.24, 2.45) is 11.7 Å². The minimum Gasteiger partial charge on any atom is -0.480 e. The quantitative estimate of drug-likeness (QED) is 0.605. The molecule has 0 aromatic rings. The summed E-state index contributed by atoms with van der Waals surface area (Å²) in [6.45, 7) is 3.34. The Balaban J connectivity index is 2.67. The van der Waals surface area contributed by atoms with E-state index in [4.69, 9.17) is 10.8 Å². The van der Waals surface area contributed by atoms with Gasteiger partial charge in [0.1, 0.15) is 5.54 Å². The molecule has 0 spiro atoms. The van der Waals surface area contributed by atoms with Crippen LogP contribution in [0.3, 0.4) is 0 Å². The molecule has 1 aliphatic rings. The van der Waals surface area contributed by atoms with Crippen LogP contribution < -0.4 is 11.1 Å². The molecule has 86 valence electrons. The van der Waals surface area contributed by atoms with Crippen LogP contribution in [0.1, 0.15) is 33.1 Å². The van der Waals surface area contributed by atoms with Gasteiger partial charge < -0.3 is 16.2 Å². The van der Waals surface area contributed by atoms with Crippen LogP contribution in [0.15, 0.2) is 0 Å². The number of rotatable bonds is 5. The molecule has 1 aliphatic carbocycles. The van der Waals surface area contributed by atoms with Gasteiger partial charge in [-0.05, 0) is 32.1 Å². The molecule has 0 aromatic carbocycles. The molecule has 15 heavy (non-hydrogen) atoms. The summed E-state index contributed by atoms with van der Waals surface area (Å²) >= 11 is 0. The Morgan fingerprint density at radius 3 is 2.47 bits per heavy atom. The van der Waals surface area contributed by atoms with E-state index in [2.05, 4.69) is 5.32 Å². The molecule has 1 rings (SSSR count). The lowest BCUT2D eigenvalue weighted by Gasteiger charge is -2.27. The second-order valence-corrected chi connectivity index (χ2v) is 4.29. The van der Waals surface area contributed by atoms with E-state index in [1.54, 1.807) is 13.8 Å². The van der Waals surface area contributed by atoms with Crippen molar-refractivity contribution in [3.63, 3.8) is 0 Å². The van der Waals surface area contributed by atoms with Crippen LogP contribution in [0.5, 0.6) is 0 Å². The molecule has 0 aliphatic heterocycles. The summed E-state index contributed by atoms with van der Waals surface area (Å²) in [7, 11) is 0. The Kier molecular flexibility index (Phi) is 3.34. The summed E-state index contributed by atoms with van der Waals surface area (Å²) in [5, 5.41) is 11.6. The molecule has 1 fully saturated rings. The third-order valence-corrected chi connectivity index (χ3v) is 3.00. The Morgan fingerprint density at radius 1 is 1.60 bits per heavy atom. The molecular weight excluding hydrogens is 196 g/mol. The van der Waals surface area contributed by atoms with Crippen LogP contribution in [-0.4, -0.2) is 28.6 Å². The highest BCUT2D eigenvalue weighted by Crippen LogP contribution is 2.39. The fraction of sp³-hybridized carbons (Fsp3) is 0.800. The molecule has 4 N–H and O–H groups in total. The maximum atomic E-state index is 11.5. The van der Waals surface area contributed by atoms with Crippen LogP contribution in [0.4, 0.5) is 0 Å². The van der Waals surface area contributed by atoms with Gasteiger partial charge >= 0.3 is 5.97 Å². The second kappa shape index (κ2) is 4.18. The minimum absolute atomic E-state index is 0.0445. The van der Waals surface area contributed by atoms with Gasteiger partial charge in [0.25, 0.3) is 0 Å². The zero-order valence-electron chi connectivity index (χ0n) is 9.12. The summed E-state index contributed by atoms with van der Waals surface area (Å²) in [4.78, 5) is 22.6. The zero-order valence-corrected chi connectivity index (χ0v) is 9.12. The van der Waals surface area contributed by atoms with Gasteiger partial charge in [0.05, 0.1) is 6.04 Å². The summed E-state index contributed by atoms with van der Waals surface area (Å²) in [5.74, 6) is -1.32. The normalized spacial score (nSPS) is 21.5. The molecule has 0 heterocycles. The smallest absolute Gasteiger partial charge is 0.329 e. The molecule has 1 amide bonds. The van der Waals surface area contributed by atoms with Crippen molar-refractivity contribution in [1.29, 1.82) is 0 Å². The topological polar surface area (TPSA) is 92.4 Å². The number of nitrogens with two attached hydrogens (primary N) is 1. The molecule has 2 atom stereocenters. The van der Waals surface area contributed by atoms with Crippen LogP contribution in [0.25, 0.3) is 0 Å². The monoisotopic (exact) mass is 214 g/mol. The summed E-state index contributed by atoms with van der Waals surface area (Å²) in [6, 6.07) is -0.623. The van der Waals surface area contributed by atoms with Crippen molar-refractivity contribution >= 4 is 11.9 Å². The van der Waals surface area contributed by atoms with E-state index in [-0.39, 0.29) is 11.8 Å². The van der Waals surface area contributed by atoms with Crippen LogP contribution in [0.2, 0.25) is 0 Å². The molecule has 1 unspecified atom stereocenters. The SMILES string of the molecule is CC[C@@H](N)C(=O)NC(C)(C(=O)O)C1CC1. The number of carboxylic acids is 1. The van der Waals surface area contributed by atoms with Gasteiger partial charge in [0, 0.05) is 0 Å². The lowest BCUT2D eigenvalue weighted by Crippen LogP contribution is -2.57. The molecule has 0 radical (unpaired) electrons. The number of carbonyl (C=O) groups excluding carboxylic acids is 1. The van der Waals surface area contributed by atoms with E-state index in [1.807, 2.05) is 0 Å². The third-order valence-electron chi connectivity index (χ3n) is 3.00. The van der Waals surface area contributed by atoms with E-state index >= 15 is 0 Å². The lowest BCUT2D eigenvalue weighted by molar-refractivity contribution is -0.148. The predicted molar refractivity (Wildman–Crippen MR) is 55.2 cm³/mol. The summed E-state index contributed by atoms with van der Waals surface area (Å²) in [6.07, 6.45) is 2.21. The largest absolute Gasteiger partial charge is 0.480 e. The average molecular weight is 214 g/mol. The second-order valence-electron chi connectivity index (χ2n) is 4.29. The zero-order chi connectivity index (χ0) is 11.6.